The Morgan fingerprint density at radius 1 is 1.43 bits per heavy atom. The molecule has 0 aromatic heterocycles. The zero-order valence-electron chi connectivity index (χ0n) is 11.1. The Labute approximate surface area is 127 Å². The van der Waals surface area contributed by atoms with E-state index in [1.54, 1.807) is 0 Å². The summed E-state index contributed by atoms with van der Waals surface area (Å²) in [6, 6.07) is 2.68. The molecule has 2 aliphatic heterocycles. The Balaban J connectivity index is 1.97. The molecule has 9 heteroatoms. The second kappa shape index (κ2) is 5.29. The van der Waals surface area contributed by atoms with Crippen molar-refractivity contribution in [3.05, 3.63) is 17.2 Å². The lowest BCUT2D eigenvalue weighted by Crippen LogP contribution is -2.47. The fourth-order valence-electron chi connectivity index (χ4n) is 2.69. The molecule has 21 heavy (non-hydrogen) atoms. The number of sulfonamides is 1. The number of nitrogen functional groups attached to an aromatic ring is 1. The van der Waals surface area contributed by atoms with E-state index in [1.165, 1.54) is 16.4 Å². The number of phenols is 1. The van der Waals surface area contributed by atoms with Gasteiger partial charge in [-0.05, 0) is 12.1 Å². The number of nitrogens with one attached hydrogen (secondary N) is 1. The number of hydrogen-bond donors (Lipinski definition) is 3. The summed E-state index contributed by atoms with van der Waals surface area (Å²) in [7, 11) is -3.93. The van der Waals surface area contributed by atoms with E-state index in [2.05, 4.69) is 5.32 Å². The molecule has 0 amide bonds. The van der Waals surface area contributed by atoms with Crippen LogP contribution in [0.15, 0.2) is 17.0 Å². The number of ether oxygens (including phenoxy) is 1. The first-order valence-electron chi connectivity index (χ1n) is 6.53. The molecule has 4 N–H and O–H groups in total. The first kappa shape index (κ1) is 14.9. The average molecular weight is 334 g/mol. The SMILES string of the molecule is Nc1ccc(Cl)c(S(=O)(=O)N2C[C@H]3NCCO[C@@H]3C2)c1O. The summed E-state index contributed by atoms with van der Waals surface area (Å²) >= 11 is 5.95. The molecule has 1 aromatic rings. The monoisotopic (exact) mass is 333 g/mol. The van der Waals surface area contributed by atoms with Crippen molar-refractivity contribution in [1.82, 2.24) is 9.62 Å². The van der Waals surface area contributed by atoms with Gasteiger partial charge in [0.1, 0.15) is 4.90 Å². The van der Waals surface area contributed by atoms with Crippen molar-refractivity contribution < 1.29 is 18.3 Å². The highest BCUT2D eigenvalue weighted by Crippen LogP contribution is 2.38. The maximum absolute atomic E-state index is 12.7. The number of aromatic hydroxyl groups is 1. The summed E-state index contributed by atoms with van der Waals surface area (Å²) in [5.41, 5.74) is 5.55. The Bertz CT molecular complexity index is 653. The maximum atomic E-state index is 12.7. The predicted octanol–water partition coefficient (Wildman–Crippen LogP) is -0.0109. The number of phenolic OH excluding ortho intramolecular Hbond substituents is 1. The van der Waals surface area contributed by atoms with E-state index < -0.39 is 15.8 Å². The number of morpholine rings is 1. The molecule has 2 saturated heterocycles. The predicted molar refractivity (Wildman–Crippen MR) is 77.8 cm³/mol. The quantitative estimate of drug-likeness (QED) is 0.519. The molecule has 0 spiro atoms. The summed E-state index contributed by atoms with van der Waals surface area (Å²) < 4.78 is 32.3. The second-order valence-electron chi connectivity index (χ2n) is 5.11. The number of halogens is 1. The first-order chi connectivity index (χ1) is 9.91. The standard InChI is InChI=1S/C12H16ClN3O4S/c13-7-1-2-8(14)11(17)12(7)21(18,19)16-5-9-10(6-16)20-4-3-15-9/h1-2,9-10,15,17H,3-6,14H2/t9-,10-/m1/s1. The minimum absolute atomic E-state index is 0.0241. The van der Waals surface area contributed by atoms with Crippen LogP contribution in [0, 0.1) is 0 Å². The fourth-order valence-corrected chi connectivity index (χ4v) is 4.77. The van der Waals surface area contributed by atoms with Crippen LogP contribution >= 0.6 is 11.6 Å². The van der Waals surface area contributed by atoms with Crippen LogP contribution in [0.3, 0.4) is 0 Å². The number of anilines is 1. The largest absolute Gasteiger partial charge is 0.504 e. The molecule has 2 aliphatic rings. The highest BCUT2D eigenvalue weighted by Gasteiger charge is 2.42. The van der Waals surface area contributed by atoms with Crippen LogP contribution in [0.5, 0.6) is 5.75 Å². The normalized spacial score (nSPS) is 26.7. The van der Waals surface area contributed by atoms with Gasteiger partial charge >= 0.3 is 0 Å². The van der Waals surface area contributed by atoms with Gasteiger partial charge in [0.2, 0.25) is 10.0 Å². The van der Waals surface area contributed by atoms with Gasteiger partial charge in [0, 0.05) is 25.7 Å². The molecule has 116 valence electrons. The van der Waals surface area contributed by atoms with Gasteiger partial charge in [0.15, 0.2) is 5.75 Å². The number of rotatable bonds is 2. The number of benzene rings is 1. The van der Waals surface area contributed by atoms with Crippen LogP contribution < -0.4 is 11.1 Å². The number of nitrogens with zero attached hydrogens (tertiary/aromatic N) is 1. The lowest BCUT2D eigenvalue weighted by atomic mass is 10.2. The molecule has 2 atom stereocenters. The molecular weight excluding hydrogens is 318 g/mol. The summed E-state index contributed by atoms with van der Waals surface area (Å²) in [5, 5.41) is 13.1. The van der Waals surface area contributed by atoms with E-state index in [4.69, 9.17) is 22.1 Å². The average Bonchev–Trinajstić information content (AvgIpc) is 2.88. The third kappa shape index (κ3) is 2.47. The van der Waals surface area contributed by atoms with Gasteiger partial charge in [-0.2, -0.15) is 4.31 Å². The van der Waals surface area contributed by atoms with Gasteiger partial charge in [-0.3, -0.25) is 0 Å². The zero-order chi connectivity index (χ0) is 15.2. The minimum Gasteiger partial charge on any atom is -0.504 e. The number of hydrogen-bond acceptors (Lipinski definition) is 6. The lowest BCUT2D eigenvalue weighted by Gasteiger charge is -2.25. The Morgan fingerprint density at radius 2 is 2.19 bits per heavy atom. The molecule has 2 heterocycles. The zero-order valence-corrected chi connectivity index (χ0v) is 12.7. The third-order valence-corrected chi connectivity index (χ3v) is 6.12. The van der Waals surface area contributed by atoms with Crippen molar-refractivity contribution in [3.8, 4) is 5.75 Å². The molecule has 3 rings (SSSR count). The van der Waals surface area contributed by atoms with Gasteiger partial charge in [-0.1, -0.05) is 11.6 Å². The molecule has 0 radical (unpaired) electrons. The van der Waals surface area contributed by atoms with Gasteiger partial charge in [0.05, 0.1) is 23.4 Å². The van der Waals surface area contributed by atoms with Gasteiger partial charge in [-0.15, -0.1) is 0 Å². The number of fused-ring (bicyclic) bond motifs is 1. The summed E-state index contributed by atoms with van der Waals surface area (Å²) in [5.74, 6) is -0.508. The molecule has 0 aliphatic carbocycles. The van der Waals surface area contributed by atoms with Gasteiger partial charge < -0.3 is 20.9 Å². The minimum atomic E-state index is -3.93. The smallest absolute Gasteiger partial charge is 0.248 e. The van der Waals surface area contributed by atoms with E-state index >= 15 is 0 Å². The number of nitrogens with two attached hydrogens (primary N) is 1. The Hall–Kier alpha value is -1.06. The van der Waals surface area contributed by atoms with E-state index in [1.807, 2.05) is 0 Å². The highest BCUT2D eigenvalue weighted by atomic mass is 35.5. The molecular formula is C12H16ClN3O4S. The summed E-state index contributed by atoms with van der Waals surface area (Å²) in [6.45, 7) is 1.75. The maximum Gasteiger partial charge on any atom is 0.248 e. The molecule has 0 saturated carbocycles. The van der Waals surface area contributed by atoms with Gasteiger partial charge in [-0.25, -0.2) is 8.42 Å². The molecule has 0 bridgehead atoms. The van der Waals surface area contributed by atoms with Crippen LogP contribution in [0.25, 0.3) is 0 Å². The van der Waals surface area contributed by atoms with Crippen molar-refractivity contribution in [2.75, 3.05) is 32.0 Å². The topological polar surface area (TPSA) is 105 Å². The van der Waals surface area contributed by atoms with Crippen molar-refractivity contribution >= 4 is 27.3 Å². The fraction of sp³-hybridized carbons (Fsp3) is 0.500. The Morgan fingerprint density at radius 3 is 2.90 bits per heavy atom. The molecule has 2 fully saturated rings. The van der Waals surface area contributed by atoms with E-state index in [0.29, 0.717) is 13.2 Å². The molecule has 0 unspecified atom stereocenters. The Kier molecular flexibility index (Phi) is 3.74. The lowest BCUT2D eigenvalue weighted by molar-refractivity contribution is 0.0194. The van der Waals surface area contributed by atoms with Crippen LogP contribution in [-0.2, 0) is 14.8 Å². The van der Waals surface area contributed by atoms with Crippen LogP contribution in [0.1, 0.15) is 0 Å². The van der Waals surface area contributed by atoms with Crippen molar-refractivity contribution in [2.45, 2.75) is 17.0 Å². The summed E-state index contributed by atoms with van der Waals surface area (Å²) in [6.07, 6.45) is -0.185. The van der Waals surface area contributed by atoms with Crippen LogP contribution in [-0.4, -0.2) is 56.2 Å². The van der Waals surface area contributed by atoms with Crippen LogP contribution in [0.2, 0.25) is 5.02 Å². The van der Waals surface area contributed by atoms with Crippen molar-refractivity contribution in [2.24, 2.45) is 0 Å². The van der Waals surface area contributed by atoms with E-state index in [0.717, 1.165) is 0 Å². The van der Waals surface area contributed by atoms with Gasteiger partial charge in [0.25, 0.3) is 0 Å². The van der Waals surface area contributed by atoms with Crippen molar-refractivity contribution in [3.63, 3.8) is 0 Å². The molecule has 1 aromatic carbocycles. The summed E-state index contributed by atoms with van der Waals surface area (Å²) in [4.78, 5) is -0.345. The first-order valence-corrected chi connectivity index (χ1v) is 8.35. The van der Waals surface area contributed by atoms with E-state index in [9.17, 15) is 13.5 Å². The van der Waals surface area contributed by atoms with Crippen molar-refractivity contribution in [1.29, 1.82) is 0 Å². The van der Waals surface area contributed by atoms with Crippen LogP contribution in [0.4, 0.5) is 5.69 Å². The second-order valence-corrected chi connectivity index (χ2v) is 7.39. The van der Waals surface area contributed by atoms with E-state index in [-0.39, 0.29) is 40.8 Å². The molecule has 7 nitrogen and oxygen atoms in total. The third-order valence-electron chi connectivity index (χ3n) is 3.79. The highest BCUT2D eigenvalue weighted by molar-refractivity contribution is 7.89.